The van der Waals surface area contributed by atoms with Gasteiger partial charge in [0.15, 0.2) is 23.0 Å². The fraction of sp³-hybridized carbons (Fsp3) is 0.192. The topological polar surface area (TPSA) is 96.7 Å². The van der Waals surface area contributed by atoms with Crippen molar-refractivity contribution in [1.29, 1.82) is 0 Å². The minimum absolute atomic E-state index is 0.303. The number of hydrogen-bond donors (Lipinski definition) is 1. The second-order valence-electron chi connectivity index (χ2n) is 7.60. The second kappa shape index (κ2) is 11.0. The van der Waals surface area contributed by atoms with Crippen LogP contribution in [0.2, 0.25) is 0 Å². The molecule has 2 aromatic carbocycles. The first-order valence-electron chi connectivity index (χ1n) is 10.9. The van der Waals surface area contributed by atoms with Gasteiger partial charge in [0.05, 0.1) is 39.8 Å². The molecule has 36 heavy (non-hydrogen) atoms. The Kier molecular flexibility index (Phi) is 7.55. The zero-order chi connectivity index (χ0) is 25.7. The molecule has 4 rings (SSSR count). The van der Waals surface area contributed by atoms with E-state index in [0.717, 1.165) is 22.5 Å². The number of aryl methyl sites for hydroxylation is 1. The van der Waals surface area contributed by atoms with E-state index in [-0.39, 0.29) is 5.91 Å². The monoisotopic (exact) mass is 506 g/mol. The Bertz CT molecular complexity index is 1410. The molecule has 0 aliphatic heterocycles. The first kappa shape index (κ1) is 24.8. The van der Waals surface area contributed by atoms with Crippen LogP contribution in [0.4, 0.5) is 5.82 Å². The highest BCUT2D eigenvalue weighted by Gasteiger charge is 2.15. The quantitative estimate of drug-likeness (QED) is 0.320. The molecular weight excluding hydrogens is 480 g/mol. The molecule has 10 heteroatoms. The Morgan fingerprint density at radius 2 is 1.58 bits per heavy atom. The Hall–Kier alpha value is -4.31. The van der Waals surface area contributed by atoms with Crippen molar-refractivity contribution in [3.8, 4) is 39.4 Å². The number of aromatic nitrogens is 3. The van der Waals surface area contributed by atoms with Gasteiger partial charge in [-0.1, -0.05) is 6.07 Å². The normalized spacial score (nSPS) is 10.9. The number of benzene rings is 2. The zero-order valence-corrected chi connectivity index (χ0v) is 21.4. The van der Waals surface area contributed by atoms with E-state index in [1.54, 1.807) is 57.4 Å². The van der Waals surface area contributed by atoms with Crippen LogP contribution in [0.1, 0.15) is 11.3 Å². The number of thiazole rings is 1. The number of hydrogen-bond acceptors (Lipinski definition) is 8. The maximum absolute atomic E-state index is 12.7. The van der Waals surface area contributed by atoms with Crippen LogP contribution < -0.4 is 24.3 Å². The molecule has 0 bridgehead atoms. The van der Waals surface area contributed by atoms with Crippen LogP contribution in [-0.4, -0.2) is 49.1 Å². The van der Waals surface area contributed by atoms with Crippen LogP contribution in [0.15, 0.2) is 53.9 Å². The third-order valence-corrected chi connectivity index (χ3v) is 6.09. The van der Waals surface area contributed by atoms with Crippen LogP contribution in [0.25, 0.3) is 22.5 Å². The highest BCUT2D eigenvalue weighted by molar-refractivity contribution is 7.12. The molecule has 0 saturated carbocycles. The summed E-state index contributed by atoms with van der Waals surface area (Å²) in [6.45, 7) is 1.86. The van der Waals surface area contributed by atoms with Gasteiger partial charge in [-0.2, -0.15) is 9.78 Å². The highest BCUT2D eigenvalue weighted by Crippen LogP contribution is 2.34. The number of amides is 1. The molecule has 4 aromatic rings. The molecule has 0 unspecified atom stereocenters. The lowest BCUT2D eigenvalue weighted by atomic mass is 10.1. The number of nitrogens with zero attached hydrogens (tertiary/aromatic N) is 3. The van der Waals surface area contributed by atoms with Crippen LogP contribution in [-0.2, 0) is 4.79 Å². The van der Waals surface area contributed by atoms with Crippen molar-refractivity contribution < 1.29 is 23.7 Å². The average Bonchev–Trinajstić information content (AvgIpc) is 3.53. The van der Waals surface area contributed by atoms with Gasteiger partial charge in [-0.25, -0.2) is 4.98 Å². The molecule has 186 valence electrons. The molecule has 0 radical (unpaired) electrons. The maximum Gasteiger partial charge on any atom is 0.249 e. The Morgan fingerprint density at radius 1 is 0.917 bits per heavy atom. The van der Waals surface area contributed by atoms with E-state index in [9.17, 15) is 4.79 Å². The van der Waals surface area contributed by atoms with Crippen molar-refractivity contribution in [2.45, 2.75) is 6.92 Å². The first-order chi connectivity index (χ1) is 17.4. The average molecular weight is 507 g/mol. The summed E-state index contributed by atoms with van der Waals surface area (Å²) >= 11 is 1.42. The van der Waals surface area contributed by atoms with E-state index in [2.05, 4.69) is 10.4 Å². The summed E-state index contributed by atoms with van der Waals surface area (Å²) in [5.74, 6) is 2.68. The summed E-state index contributed by atoms with van der Waals surface area (Å²) < 4.78 is 22.9. The van der Waals surface area contributed by atoms with E-state index in [4.69, 9.17) is 23.9 Å². The number of ether oxygens (including phenoxy) is 4. The summed E-state index contributed by atoms with van der Waals surface area (Å²) in [5, 5.41) is 9.94. The summed E-state index contributed by atoms with van der Waals surface area (Å²) in [6.07, 6.45) is 3.15. The van der Waals surface area contributed by atoms with Crippen molar-refractivity contribution in [2.24, 2.45) is 0 Å². The van der Waals surface area contributed by atoms with E-state index < -0.39 is 0 Å². The van der Waals surface area contributed by atoms with Gasteiger partial charge in [-0.05, 0) is 48.9 Å². The van der Waals surface area contributed by atoms with Crippen molar-refractivity contribution in [1.82, 2.24) is 14.8 Å². The van der Waals surface area contributed by atoms with E-state index in [0.29, 0.717) is 33.9 Å². The van der Waals surface area contributed by atoms with E-state index >= 15 is 0 Å². The lowest BCUT2D eigenvalue weighted by Crippen LogP contribution is -2.12. The van der Waals surface area contributed by atoms with Crippen LogP contribution in [0, 0.1) is 6.92 Å². The standard InChI is InChI=1S/C26H26N4O5S/c1-16-12-24(28-25(31)11-7-17-6-9-20(32-2)22(13-17)34-4)30(29-16)26-27-19(15-36-26)18-8-10-21(33-3)23(14-18)35-5/h6-15H,1-5H3,(H,28,31)/b11-7+. The fourth-order valence-corrected chi connectivity index (χ4v) is 4.32. The lowest BCUT2D eigenvalue weighted by molar-refractivity contribution is -0.111. The van der Waals surface area contributed by atoms with Crippen molar-refractivity contribution >= 4 is 29.1 Å². The van der Waals surface area contributed by atoms with Gasteiger partial charge in [0.1, 0.15) is 5.82 Å². The van der Waals surface area contributed by atoms with Gasteiger partial charge < -0.3 is 24.3 Å². The number of carbonyl (C=O) groups excluding carboxylic acids is 1. The Morgan fingerprint density at radius 3 is 2.28 bits per heavy atom. The van der Waals surface area contributed by atoms with Crippen LogP contribution in [0.3, 0.4) is 0 Å². The number of anilines is 1. The lowest BCUT2D eigenvalue weighted by Gasteiger charge is -2.08. The predicted molar refractivity (Wildman–Crippen MR) is 140 cm³/mol. The van der Waals surface area contributed by atoms with Crippen molar-refractivity contribution in [2.75, 3.05) is 33.8 Å². The molecule has 2 aromatic heterocycles. The third-order valence-electron chi connectivity index (χ3n) is 5.27. The van der Waals surface area contributed by atoms with Crippen molar-refractivity contribution in [3.63, 3.8) is 0 Å². The molecule has 2 heterocycles. The summed E-state index contributed by atoms with van der Waals surface area (Å²) in [5.41, 5.74) is 3.18. The minimum Gasteiger partial charge on any atom is -0.493 e. The van der Waals surface area contributed by atoms with E-state index in [1.807, 2.05) is 36.6 Å². The number of carbonyl (C=O) groups is 1. The van der Waals surface area contributed by atoms with Gasteiger partial charge >= 0.3 is 0 Å². The molecule has 0 aliphatic rings. The third kappa shape index (κ3) is 5.33. The Balaban J connectivity index is 1.53. The smallest absolute Gasteiger partial charge is 0.249 e. The largest absolute Gasteiger partial charge is 0.493 e. The molecule has 0 saturated heterocycles. The number of rotatable bonds is 9. The number of nitrogens with one attached hydrogen (secondary N) is 1. The fourth-order valence-electron chi connectivity index (χ4n) is 3.52. The molecule has 1 amide bonds. The van der Waals surface area contributed by atoms with Gasteiger partial charge in [0, 0.05) is 23.1 Å². The van der Waals surface area contributed by atoms with Gasteiger partial charge in [0.25, 0.3) is 0 Å². The molecular formula is C26H26N4O5S. The molecule has 0 atom stereocenters. The molecule has 0 aliphatic carbocycles. The van der Waals surface area contributed by atoms with Gasteiger partial charge in [-0.3, -0.25) is 4.79 Å². The molecule has 1 N–H and O–H groups in total. The molecule has 9 nitrogen and oxygen atoms in total. The van der Waals surface area contributed by atoms with Gasteiger partial charge in [0.2, 0.25) is 11.0 Å². The van der Waals surface area contributed by atoms with E-state index in [1.165, 1.54) is 17.4 Å². The predicted octanol–water partition coefficient (Wildman–Crippen LogP) is 4.99. The summed E-state index contributed by atoms with van der Waals surface area (Å²) in [4.78, 5) is 17.4. The number of methoxy groups -OCH3 is 4. The first-order valence-corrected chi connectivity index (χ1v) is 11.8. The maximum atomic E-state index is 12.7. The Labute approximate surface area is 212 Å². The summed E-state index contributed by atoms with van der Waals surface area (Å²) in [6, 6.07) is 12.8. The zero-order valence-electron chi connectivity index (χ0n) is 20.6. The minimum atomic E-state index is -0.303. The highest BCUT2D eigenvalue weighted by atomic mass is 32.1. The van der Waals surface area contributed by atoms with Crippen molar-refractivity contribution in [3.05, 3.63) is 65.2 Å². The molecule has 0 fully saturated rings. The van der Waals surface area contributed by atoms with Crippen LogP contribution in [0.5, 0.6) is 23.0 Å². The molecule has 0 spiro atoms. The van der Waals surface area contributed by atoms with Crippen LogP contribution >= 0.6 is 11.3 Å². The van der Waals surface area contributed by atoms with Gasteiger partial charge in [-0.15, -0.1) is 11.3 Å². The summed E-state index contributed by atoms with van der Waals surface area (Å²) in [7, 11) is 6.33. The SMILES string of the molecule is COc1ccc(/C=C/C(=O)Nc2cc(C)nn2-c2nc(-c3ccc(OC)c(OC)c3)cs2)cc1OC. The second-order valence-corrected chi connectivity index (χ2v) is 8.44.